The summed E-state index contributed by atoms with van der Waals surface area (Å²) in [5.41, 5.74) is 3.54. The molecule has 0 saturated carbocycles. The van der Waals surface area contributed by atoms with Crippen LogP contribution in [0.25, 0.3) is 10.9 Å². The first kappa shape index (κ1) is 14.0. The second-order valence-corrected chi connectivity index (χ2v) is 5.63. The summed E-state index contributed by atoms with van der Waals surface area (Å²) in [6.45, 7) is 5.32. The molecule has 1 aromatic carbocycles. The van der Waals surface area contributed by atoms with Gasteiger partial charge in [-0.25, -0.2) is 0 Å². The molecule has 110 valence electrons. The van der Waals surface area contributed by atoms with Crippen molar-refractivity contribution in [2.75, 3.05) is 13.2 Å². The van der Waals surface area contributed by atoms with Crippen LogP contribution < -0.4 is 5.32 Å². The van der Waals surface area contributed by atoms with Gasteiger partial charge in [0.15, 0.2) is 0 Å². The molecule has 4 heteroatoms. The van der Waals surface area contributed by atoms with E-state index in [-0.39, 0.29) is 12.0 Å². The molecule has 1 amide bonds. The third-order valence-corrected chi connectivity index (χ3v) is 3.93. The molecule has 0 spiro atoms. The summed E-state index contributed by atoms with van der Waals surface area (Å²) in [5.74, 6) is -0.0494. The SMILES string of the molecule is Cc1cc(C(=O)NC[C@@H]2CCCO2)c2cccc(C)c2n1. The lowest BCUT2D eigenvalue weighted by atomic mass is 10.0. The maximum atomic E-state index is 12.5. The van der Waals surface area contributed by atoms with Crippen molar-refractivity contribution >= 4 is 16.8 Å². The van der Waals surface area contributed by atoms with Crippen molar-refractivity contribution in [3.8, 4) is 0 Å². The van der Waals surface area contributed by atoms with Crippen LogP contribution in [-0.4, -0.2) is 30.1 Å². The van der Waals surface area contributed by atoms with Crippen molar-refractivity contribution in [2.24, 2.45) is 0 Å². The number of aryl methyl sites for hydroxylation is 2. The first-order valence-corrected chi connectivity index (χ1v) is 7.42. The summed E-state index contributed by atoms with van der Waals surface area (Å²) in [7, 11) is 0. The highest BCUT2D eigenvalue weighted by atomic mass is 16.5. The molecule has 1 N–H and O–H groups in total. The second kappa shape index (κ2) is 5.82. The molecule has 21 heavy (non-hydrogen) atoms. The summed E-state index contributed by atoms with van der Waals surface area (Å²) in [6.07, 6.45) is 2.26. The number of benzene rings is 1. The number of nitrogens with zero attached hydrogens (tertiary/aromatic N) is 1. The molecule has 1 fully saturated rings. The maximum Gasteiger partial charge on any atom is 0.252 e. The number of pyridine rings is 1. The monoisotopic (exact) mass is 284 g/mol. The minimum Gasteiger partial charge on any atom is -0.376 e. The van der Waals surface area contributed by atoms with Crippen LogP contribution in [0.2, 0.25) is 0 Å². The molecule has 2 heterocycles. The topological polar surface area (TPSA) is 51.2 Å². The third-order valence-electron chi connectivity index (χ3n) is 3.93. The Hall–Kier alpha value is -1.94. The van der Waals surface area contributed by atoms with Gasteiger partial charge in [-0.3, -0.25) is 9.78 Å². The molecule has 0 aliphatic carbocycles. The van der Waals surface area contributed by atoms with Gasteiger partial charge in [-0.05, 0) is 38.3 Å². The van der Waals surface area contributed by atoms with Crippen molar-refractivity contribution in [3.05, 3.63) is 41.1 Å². The van der Waals surface area contributed by atoms with Gasteiger partial charge in [0.05, 0.1) is 17.2 Å². The second-order valence-electron chi connectivity index (χ2n) is 5.63. The van der Waals surface area contributed by atoms with Crippen molar-refractivity contribution in [1.82, 2.24) is 10.3 Å². The number of carbonyl (C=O) groups is 1. The van der Waals surface area contributed by atoms with Gasteiger partial charge in [0.2, 0.25) is 0 Å². The number of para-hydroxylation sites is 1. The molecule has 1 aliphatic rings. The molecule has 4 nitrogen and oxygen atoms in total. The van der Waals surface area contributed by atoms with Crippen LogP contribution in [0.4, 0.5) is 0 Å². The molecule has 1 aromatic heterocycles. The quantitative estimate of drug-likeness (QED) is 0.943. The van der Waals surface area contributed by atoms with Crippen molar-refractivity contribution in [1.29, 1.82) is 0 Å². The molecule has 0 unspecified atom stereocenters. The molecule has 3 rings (SSSR count). The Morgan fingerprint density at radius 3 is 3.05 bits per heavy atom. The standard InChI is InChI=1S/C17H20N2O2/c1-11-5-3-7-14-15(9-12(2)19-16(11)14)17(20)18-10-13-6-4-8-21-13/h3,5,7,9,13H,4,6,8,10H2,1-2H3,(H,18,20)/t13-/m0/s1. The Balaban J connectivity index is 1.88. The van der Waals surface area contributed by atoms with Gasteiger partial charge < -0.3 is 10.1 Å². The van der Waals surface area contributed by atoms with Crippen molar-refractivity contribution in [3.63, 3.8) is 0 Å². The number of hydrogen-bond acceptors (Lipinski definition) is 3. The fourth-order valence-corrected chi connectivity index (χ4v) is 2.81. The van der Waals surface area contributed by atoms with E-state index in [0.29, 0.717) is 12.1 Å². The van der Waals surface area contributed by atoms with E-state index in [0.717, 1.165) is 41.6 Å². The smallest absolute Gasteiger partial charge is 0.252 e. The predicted octanol–water partition coefficient (Wildman–Crippen LogP) is 2.76. The van der Waals surface area contributed by atoms with Gasteiger partial charge in [0.25, 0.3) is 5.91 Å². The van der Waals surface area contributed by atoms with Crippen molar-refractivity contribution in [2.45, 2.75) is 32.8 Å². The lowest BCUT2D eigenvalue weighted by Crippen LogP contribution is -2.32. The molecule has 1 saturated heterocycles. The molecule has 0 radical (unpaired) electrons. The van der Waals surface area contributed by atoms with Gasteiger partial charge in [0.1, 0.15) is 0 Å². The number of amides is 1. The van der Waals surface area contributed by atoms with Gasteiger partial charge in [-0.15, -0.1) is 0 Å². The van der Waals surface area contributed by atoms with Crippen LogP contribution in [0.5, 0.6) is 0 Å². The van der Waals surface area contributed by atoms with Gasteiger partial charge in [-0.1, -0.05) is 18.2 Å². The van der Waals surface area contributed by atoms with Gasteiger partial charge in [-0.2, -0.15) is 0 Å². The predicted molar refractivity (Wildman–Crippen MR) is 82.5 cm³/mol. The summed E-state index contributed by atoms with van der Waals surface area (Å²) in [6, 6.07) is 7.79. The van der Waals surface area contributed by atoms with E-state index in [4.69, 9.17) is 4.74 Å². The summed E-state index contributed by atoms with van der Waals surface area (Å²) >= 11 is 0. The lowest BCUT2D eigenvalue weighted by molar-refractivity contribution is 0.0859. The highest BCUT2D eigenvalue weighted by Crippen LogP contribution is 2.21. The molecule has 1 atom stereocenters. The first-order valence-electron chi connectivity index (χ1n) is 7.42. The highest BCUT2D eigenvalue weighted by Gasteiger charge is 2.18. The third kappa shape index (κ3) is 2.90. The Labute approximate surface area is 124 Å². The number of hydrogen-bond donors (Lipinski definition) is 1. The van der Waals surface area contributed by atoms with Crippen LogP contribution in [0.1, 0.15) is 34.5 Å². The maximum absolute atomic E-state index is 12.5. The number of aromatic nitrogens is 1. The molecular weight excluding hydrogens is 264 g/mol. The van der Waals surface area contributed by atoms with E-state index >= 15 is 0 Å². The lowest BCUT2D eigenvalue weighted by Gasteiger charge is -2.13. The number of carbonyl (C=O) groups excluding carboxylic acids is 1. The zero-order valence-corrected chi connectivity index (χ0v) is 12.5. The van der Waals surface area contributed by atoms with E-state index in [1.807, 2.05) is 38.1 Å². The van der Waals surface area contributed by atoms with E-state index < -0.39 is 0 Å². The van der Waals surface area contributed by atoms with E-state index in [9.17, 15) is 4.79 Å². The largest absolute Gasteiger partial charge is 0.376 e. The zero-order valence-electron chi connectivity index (χ0n) is 12.5. The van der Waals surface area contributed by atoms with Crippen LogP contribution in [0.15, 0.2) is 24.3 Å². The van der Waals surface area contributed by atoms with E-state index in [2.05, 4.69) is 10.3 Å². The number of ether oxygens (including phenoxy) is 1. The zero-order chi connectivity index (χ0) is 14.8. The Bertz CT molecular complexity index is 676. The molecular formula is C17H20N2O2. The minimum absolute atomic E-state index is 0.0494. The van der Waals surface area contributed by atoms with Crippen LogP contribution in [0.3, 0.4) is 0 Å². The molecule has 2 aromatic rings. The van der Waals surface area contributed by atoms with Gasteiger partial charge in [0, 0.05) is 24.2 Å². The van der Waals surface area contributed by atoms with Crippen LogP contribution >= 0.6 is 0 Å². The first-order chi connectivity index (χ1) is 10.1. The normalized spacial score (nSPS) is 18.1. The number of nitrogens with one attached hydrogen (secondary N) is 1. The average molecular weight is 284 g/mol. The van der Waals surface area contributed by atoms with E-state index in [1.54, 1.807) is 0 Å². The molecule has 0 bridgehead atoms. The molecule has 1 aliphatic heterocycles. The summed E-state index contributed by atoms with van der Waals surface area (Å²) in [5, 5.41) is 3.90. The summed E-state index contributed by atoms with van der Waals surface area (Å²) < 4.78 is 5.54. The summed E-state index contributed by atoms with van der Waals surface area (Å²) in [4.78, 5) is 17.0. The Kier molecular flexibility index (Phi) is 3.88. The van der Waals surface area contributed by atoms with Gasteiger partial charge >= 0.3 is 0 Å². The van der Waals surface area contributed by atoms with Crippen molar-refractivity contribution < 1.29 is 9.53 Å². The van der Waals surface area contributed by atoms with Crippen LogP contribution in [0, 0.1) is 13.8 Å². The fraction of sp³-hybridized carbons (Fsp3) is 0.412. The van der Waals surface area contributed by atoms with Crippen LogP contribution in [-0.2, 0) is 4.74 Å². The fourth-order valence-electron chi connectivity index (χ4n) is 2.81. The Morgan fingerprint density at radius 2 is 2.29 bits per heavy atom. The minimum atomic E-state index is -0.0494. The highest BCUT2D eigenvalue weighted by molar-refractivity contribution is 6.06. The Morgan fingerprint density at radius 1 is 1.43 bits per heavy atom. The number of rotatable bonds is 3. The van der Waals surface area contributed by atoms with E-state index in [1.165, 1.54) is 0 Å². The number of fused-ring (bicyclic) bond motifs is 1. The average Bonchev–Trinajstić information content (AvgIpc) is 2.98.